The largest absolute Gasteiger partial charge is 0.444 e. The number of carbonyl (C=O) groups is 1. The van der Waals surface area contributed by atoms with E-state index in [9.17, 15) is 4.79 Å². The number of amides is 1. The van der Waals surface area contributed by atoms with Crippen LogP contribution in [0.5, 0.6) is 0 Å². The summed E-state index contributed by atoms with van der Waals surface area (Å²) in [7, 11) is 0. The molecule has 1 amide bonds. The number of nitriles is 1. The third-order valence-corrected chi connectivity index (χ3v) is 3.25. The summed E-state index contributed by atoms with van der Waals surface area (Å²) in [5, 5.41) is 8.97. The Labute approximate surface area is 125 Å². The average Bonchev–Trinajstić information content (AvgIpc) is 2.58. The van der Waals surface area contributed by atoms with E-state index < -0.39 is 5.60 Å². The van der Waals surface area contributed by atoms with E-state index in [1.807, 2.05) is 49.9 Å². The fraction of sp³-hybridized carbons (Fsp3) is 0.500. The van der Waals surface area contributed by atoms with E-state index in [0.29, 0.717) is 26.2 Å². The molecule has 5 nitrogen and oxygen atoms in total. The standard InChI is InChI=1S/C16H21N3O2/c1-16(2,3)21-15(20)19-11-10-18(9-8-17)14-7-5-4-6-13(14)12-19/h4-7H,9-12H2,1-3H3. The van der Waals surface area contributed by atoms with Gasteiger partial charge in [-0.05, 0) is 32.4 Å². The van der Waals surface area contributed by atoms with Crippen molar-refractivity contribution in [3.63, 3.8) is 0 Å². The first kappa shape index (κ1) is 15.2. The molecule has 2 rings (SSSR count). The number of ether oxygens (including phenoxy) is 1. The Bertz CT molecular complexity index is 557. The minimum atomic E-state index is -0.505. The number of para-hydroxylation sites is 1. The van der Waals surface area contributed by atoms with Crippen molar-refractivity contribution in [3.05, 3.63) is 29.8 Å². The molecule has 1 aromatic rings. The molecule has 0 spiro atoms. The van der Waals surface area contributed by atoms with Crippen LogP contribution in [-0.2, 0) is 11.3 Å². The van der Waals surface area contributed by atoms with Crippen molar-refractivity contribution in [2.45, 2.75) is 32.9 Å². The Morgan fingerprint density at radius 3 is 2.71 bits per heavy atom. The number of fused-ring (bicyclic) bond motifs is 1. The summed E-state index contributed by atoms with van der Waals surface area (Å²) < 4.78 is 5.45. The zero-order chi connectivity index (χ0) is 15.5. The molecule has 0 fully saturated rings. The van der Waals surface area contributed by atoms with Crippen molar-refractivity contribution in [2.75, 3.05) is 24.5 Å². The highest BCUT2D eigenvalue weighted by Crippen LogP contribution is 2.25. The SMILES string of the molecule is CC(C)(C)OC(=O)N1CCN(CC#N)c2ccccc2C1. The number of carbonyl (C=O) groups excluding carboxylic acids is 1. The van der Waals surface area contributed by atoms with Crippen LogP contribution in [0.4, 0.5) is 10.5 Å². The Hall–Kier alpha value is -2.22. The molecule has 112 valence electrons. The molecule has 0 saturated heterocycles. The molecule has 1 heterocycles. The average molecular weight is 287 g/mol. The number of hydrogen-bond acceptors (Lipinski definition) is 4. The van der Waals surface area contributed by atoms with E-state index in [2.05, 4.69) is 6.07 Å². The molecule has 0 bridgehead atoms. The van der Waals surface area contributed by atoms with Gasteiger partial charge in [0.15, 0.2) is 0 Å². The second-order valence-corrected chi connectivity index (χ2v) is 6.11. The lowest BCUT2D eigenvalue weighted by atomic mass is 10.1. The normalized spacial score (nSPS) is 15.0. The number of nitrogens with zero attached hydrogens (tertiary/aromatic N) is 3. The molecule has 21 heavy (non-hydrogen) atoms. The highest BCUT2D eigenvalue weighted by atomic mass is 16.6. The topological polar surface area (TPSA) is 56.6 Å². The van der Waals surface area contributed by atoms with Crippen LogP contribution < -0.4 is 4.90 Å². The molecule has 1 aliphatic rings. The lowest BCUT2D eigenvalue weighted by molar-refractivity contribution is 0.0243. The molecule has 0 unspecified atom stereocenters. The Morgan fingerprint density at radius 2 is 2.05 bits per heavy atom. The van der Waals surface area contributed by atoms with Gasteiger partial charge in [-0.25, -0.2) is 4.79 Å². The van der Waals surface area contributed by atoms with E-state index in [-0.39, 0.29) is 6.09 Å². The van der Waals surface area contributed by atoms with Gasteiger partial charge in [0.05, 0.1) is 12.6 Å². The lowest BCUT2D eigenvalue weighted by Crippen LogP contribution is -2.39. The van der Waals surface area contributed by atoms with Crippen LogP contribution in [0.1, 0.15) is 26.3 Å². The molecule has 1 aliphatic heterocycles. The summed E-state index contributed by atoms with van der Waals surface area (Å²) in [6, 6.07) is 10.1. The zero-order valence-electron chi connectivity index (χ0n) is 12.8. The van der Waals surface area contributed by atoms with Gasteiger partial charge in [-0.3, -0.25) is 0 Å². The monoisotopic (exact) mass is 287 g/mol. The highest BCUT2D eigenvalue weighted by Gasteiger charge is 2.26. The summed E-state index contributed by atoms with van der Waals surface area (Å²) in [5.74, 6) is 0. The van der Waals surface area contributed by atoms with Gasteiger partial charge in [0, 0.05) is 18.8 Å². The minimum Gasteiger partial charge on any atom is -0.444 e. The van der Waals surface area contributed by atoms with Gasteiger partial charge in [-0.15, -0.1) is 0 Å². The molecule has 1 aromatic carbocycles. The molecular weight excluding hydrogens is 266 g/mol. The van der Waals surface area contributed by atoms with Crippen LogP contribution in [0.3, 0.4) is 0 Å². The van der Waals surface area contributed by atoms with Gasteiger partial charge in [0.1, 0.15) is 12.1 Å². The molecular formula is C16H21N3O2. The first-order valence-electron chi connectivity index (χ1n) is 7.08. The van der Waals surface area contributed by atoms with Crippen molar-refractivity contribution in [1.29, 1.82) is 5.26 Å². The van der Waals surface area contributed by atoms with Crippen LogP contribution >= 0.6 is 0 Å². The maximum atomic E-state index is 12.3. The van der Waals surface area contributed by atoms with E-state index in [1.165, 1.54) is 0 Å². The third-order valence-electron chi connectivity index (χ3n) is 3.25. The molecule has 0 aromatic heterocycles. The van der Waals surface area contributed by atoms with E-state index in [1.54, 1.807) is 4.90 Å². The summed E-state index contributed by atoms with van der Waals surface area (Å²) in [6.07, 6.45) is -0.309. The van der Waals surface area contributed by atoms with Gasteiger partial charge >= 0.3 is 6.09 Å². The van der Waals surface area contributed by atoms with Crippen LogP contribution in [0.15, 0.2) is 24.3 Å². The predicted molar refractivity (Wildman–Crippen MR) is 80.9 cm³/mol. The maximum absolute atomic E-state index is 12.3. The number of hydrogen-bond donors (Lipinski definition) is 0. The van der Waals surface area contributed by atoms with Crippen molar-refractivity contribution in [1.82, 2.24) is 4.90 Å². The smallest absolute Gasteiger partial charge is 0.410 e. The highest BCUT2D eigenvalue weighted by molar-refractivity contribution is 5.69. The molecule has 0 saturated carbocycles. The van der Waals surface area contributed by atoms with E-state index in [4.69, 9.17) is 10.00 Å². The Balaban J connectivity index is 2.21. The summed E-state index contributed by atoms with van der Waals surface area (Å²) in [5.41, 5.74) is 1.55. The van der Waals surface area contributed by atoms with Gasteiger partial charge in [-0.2, -0.15) is 5.26 Å². The van der Waals surface area contributed by atoms with E-state index >= 15 is 0 Å². The van der Waals surface area contributed by atoms with Gasteiger partial charge in [-0.1, -0.05) is 18.2 Å². The summed E-state index contributed by atoms with van der Waals surface area (Å²) in [6.45, 7) is 7.58. The second kappa shape index (κ2) is 6.04. The van der Waals surface area contributed by atoms with Gasteiger partial charge < -0.3 is 14.5 Å². The Morgan fingerprint density at radius 1 is 1.33 bits per heavy atom. The fourth-order valence-corrected chi connectivity index (χ4v) is 2.33. The quantitative estimate of drug-likeness (QED) is 0.745. The summed E-state index contributed by atoms with van der Waals surface area (Å²) >= 11 is 0. The van der Waals surface area contributed by atoms with Crippen molar-refractivity contribution < 1.29 is 9.53 Å². The summed E-state index contributed by atoms with van der Waals surface area (Å²) in [4.78, 5) is 16.0. The fourth-order valence-electron chi connectivity index (χ4n) is 2.33. The third kappa shape index (κ3) is 3.88. The maximum Gasteiger partial charge on any atom is 0.410 e. The van der Waals surface area contributed by atoms with Crippen LogP contribution in [0.2, 0.25) is 0 Å². The zero-order valence-corrected chi connectivity index (χ0v) is 12.8. The van der Waals surface area contributed by atoms with Gasteiger partial charge in [0.25, 0.3) is 0 Å². The molecule has 0 atom stereocenters. The van der Waals surface area contributed by atoms with Crippen molar-refractivity contribution in [3.8, 4) is 6.07 Å². The Kier molecular flexibility index (Phi) is 4.37. The number of anilines is 1. The minimum absolute atomic E-state index is 0.309. The second-order valence-electron chi connectivity index (χ2n) is 6.11. The lowest BCUT2D eigenvalue weighted by Gasteiger charge is -2.26. The predicted octanol–water partition coefficient (Wildman–Crippen LogP) is 2.77. The van der Waals surface area contributed by atoms with Crippen molar-refractivity contribution in [2.24, 2.45) is 0 Å². The number of rotatable bonds is 1. The molecule has 0 radical (unpaired) electrons. The van der Waals surface area contributed by atoms with Gasteiger partial charge in [0.2, 0.25) is 0 Å². The number of benzene rings is 1. The van der Waals surface area contributed by atoms with E-state index in [0.717, 1.165) is 11.3 Å². The van der Waals surface area contributed by atoms with Crippen molar-refractivity contribution >= 4 is 11.8 Å². The molecule has 0 aliphatic carbocycles. The molecule has 5 heteroatoms. The van der Waals surface area contributed by atoms with Crippen LogP contribution in [-0.4, -0.2) is 36.2 Å². The van der Waals surface area contributed by atoms with Crippen LogP contribution in [0.25, 0.3) is 0 Å². The molecule has 0 N–H and O–H groups in total. The van der Waals surface area contributed by atoms with Crippen LogP contribution in [0, 0.1) is 11.3 Å². The first-order chi connectivity index (χ1) is 9.90. The first-order valence-corrected chi connectivity index (χ1v) is 7.08.